The monoisotopic (exact) mass is 560 g/mol. The predicted octanol–water partition coefficient (Wildman–Crippen LogP) is 5.72. The van der Waals surface area contributed by atoms with E-state index in [0.717, 1.165) is 10.8 Å². The van der Waals surface area contributed by atoms with Crippen LogP contribution in [0.1, 0.15) is 20.0 Å². The van der Waals surface area contributed by atoms with Gasteiger partial charge in [0.05, 0.1) is 43.1 Å². The van der Waals surface area contributed by atoms with Crippen molar-refractivity contribution < 1.29 is 37.7 Å². The summed E-state index contributed by atoms with van der Waals surface area (Å²) in [6.45, 7) is -0.578. The van der Waals surface area contributed by atoms with E-state index in [0.29, 0.717) is 27.5 Å². The molecule has 0 radical (unpaired) electrons. The van der Waals surface area contributed by atoms with Gasteiger partial charge < -0.3 is 34.0 Å². The third-order valence-electron chi connectivity index (χ3n) is 6.02. The summed E-state index contributed by atoms with van der Waals surface area (Å²) in [4.78, 5) is 38.7. The number of ether oxygens (including phenoxy) is 4. The Balaban J connectivity index is 1.31. The number of anilines is 2. The first-order valence-electron chi connectivity index (χ1n) is 12.0. The smallest absolute Gasteiger partial charge is 0.338 e. The molecule has 0 aliphatic rings. The van der Waals surface area contributed by atoms with Crippen LogP contribution in [-0.2, 0) is 9.53 Å². The quantitative estimate of drug-likeness (QED) is 0.219. The molecule has 0 fully saturated rings. The Hall–Kier alpha value is -5.03. The number of hydrogen-bond donors (Lipinski definition) is 2. The van der Waals surface area contributed by atoms with Crippen LogP contribution >= 0.6 is 11.3 Å². The van der Waals surface area contributed by atoms with Crippen molar-refractivity contribution in [3.05, 3.63) is 76.5 Å². The Labute approximate surface area is 232 Å². The van der Waals surface area contributed by atoms with Crippen molar-refractivity contribution in [2.24, 2.45) is 0 Å². The minimum atomic E-state index is -0.803. The van der Waals surface area contributed by atoms with Crippen molar-refractivity contribution >= 4 is 62.4 Å². The molecular weight excluding hydrogens is 536 g/mol. The maximum Gasteiger partial charge on any atom is 0.338 e. The van der Waals surface area contributed by atoms with Gasteiger partial charge in [-0.2, -0.15) is 0 Å². The Kier molecular flexibility index (Phi) is 7.56. The van der Waals surface area contributed by atoms with Crippen LogP contribution in [0.15, 0.2) is 70.5 Å². The van der Waals surface area contributed by atoms with E-state index in [1.165, 1.54) is 44.8 Å². The molecule has 204 valence electrons. The molecule has 5 rings (SSSR count). The first-order valence-corrected chi connectivity index (χ1v) is 12.9. The van der Waals surface area contributed by atoms with Crippen LogP contribution in [-0.4, -0.2) is 45.7 Å². The van der Waals surface area contributed by atoms with Crippen molar-refractivity contribution in [3.8, 4) is 17.2 Å². The summed E-state index contributed by atoms with van der Waals surface area (Å²) in [5.74, 6) is -0.918. The van der Waals surface area contributed by atoms with Crippen molar-refractivity contribution in [2.75, 3.05) is 38.6 Å². The second-order valence-electron chi connectivity index (χ2n) is 8.46. The highest BCUT2D eigenvalue weighted by molar-refractivity contribution is 7.12. The molecule has 0 bridgehead atoms. The van der Waals surface area contributed by atoms with Crippen LogP contribution in [0.5, 0.6) is 17.2 Å². The number of benzene rings is 3. The Morgan fingerprint density at radius 1 is 0.800 bits per heavy atom. The molecule has 40 heavy (non-hydrogen) atoms. The fraction of sp³-hybridized carbons (Fsp3) is 0.138. The number of hydrogen-bond acceptors (Lipinski definition) is 9. The Bertz CT molecular complexity index is 1730. The number of nitrogens with one attached hydrogen (secondary N) is 2. The van der Waals surface area contributed by atoms with Gasteiger partial charge in [-0.3, -0.25) is 9.59 Å². The number of furan rings is 1. The molecule has 11 heteroatoms. The molecule has 2 amide bonds. The van der Waals surface area contributed by atoms with Crippen LogP contribution in [0.25, 0.3) is 21.9 Å². The molecule has 0 unspecified atom stereocenters. The van der Waals surface area contributed by atoms with Crippen LogP contribution in [0.2, 0.25) is 0 Å². The number of carbonyl (C=O) groups excluding carboxylic acids is 3. The van der Waals surface area contributed by atoms with Crippen LogP contribution in [0, 0.1) is 0 Å². The topological polar surface area (TPSA) is 125 Å². The lowest BCUT2D eigenvalue weighted by Crippen LogP contribution is -2.21. The number of carbonyl (C=O) groups is 3. The van der Waals surface area contributed by atoms with Crippen molar-refractivity contribution in [3.63, 3.8) is 0 Å². The van der Waals surface area contributed by atoms with Gasteiger partial charge in [-0.15, -0.1) is 11.3 Å². The lowest BCUT2D eigenvalue weighted by Gasteiger charge is -2.15. The highest BCUT2D eigenvalue weighted by Gasteiger charge is 2.21. The zero-order valence-corrected chi connectivity index (χ0v) is 22.5. The number of esters is 1. The summed E-state index contributed by atoms with van der Waals surface area (Å²) < 4.78 is 27.3. The lowest BCUT2D eigenvalue weighted by molar-refractivity contribution is -0.119. The average molecular weight is 561 g/mol. The van der Waals surface area contributed by atoms with Crippen LogP contribution in [0.4, 0.5) is 11.4 Å². The third kappa shape index (κ3) is 5.27. The van der Waals surface area contributed by atoms with E-state index in [1.807, 2.05) is 24.3 Å². The number of fused-ring (bicyclic) bond motifs is 3. The van der Waals surface area contributed by atoms with Gasteiger partial charge in [0.25, 0.3) is 11.8 Å². The molecule has 5 aromatic rings. The highest BCUT2D eigenvalue weighted by atomic mass is 32.1. The van der Waals surface area contributed by atoms with Gasteiger partial charge in [-0.05, 0) is 35.7 Å². The first-order chi connectivity index (χ1) is 19.4. The van der Waals surface area contributed by atoms with E-state index in [1.54, 1.807) is 29.6 Å². The molecule has 0 aliphatic heterocycles. The van der Waals surface area contributed by atoms with Crippen molar-refractivity contribution in [1.29, 1.82) is 0 Å². The standard InChI is InChI=1S/C29H24N2O8S/c1-35-23-13-18-17-7-4-5-8-21(17)39-22(18)14-19(23)30-26(32)15-38-29(34)16-11-20(27(37-3)24(12-16)36-2)31-28(33)25-9-6-10-40-25/h4-14H,15H2,1-3H3,(H,30,32)(H,31,33). The number of methoxy groups -OCH3 is 3. The van der Waals surface area contributed by atoms with Gasteiger partial charge in [-0.1, -0.05) is 24.3 Å². The molecule has 2 N–H and O–H groups in total. The summed E-state index contributed by atoms with van der Waals surface area (Å²) >= 11 is 1.27. The molecule has 0 aliphatic carbocycles. The summed E-state index contributed by atoms with van der Waals surface area (Å²) in [5.41, 5.74) is 1.89. The van der Waals surface area contributed by atoms with Gasteiger partial charge >= 0.3 is 5.97 Å². The zero-order chi connectivity index (χ0) is 28.2. The average Bonchev–Trinajstić information content (AvgIpc) is 3.63. The molecule has 2 heterocycles. The molecule has 3 aromatic carbocycles. The van der Waals surface area contributed by atoms with Crippen molar-refractivity contribution in [2.45, 2.75) is 0 Å². The Morgan fingerprint density at radius 3 is 2.33 bits per heavy atom. The van der Waals surface area contributed by atoms with Gasteiger partial charge in [0.15, 0.2) is 18.1 Å². The maximum atomic E-state index is 12.9. The number of rotatable bonds is 9. The van der Waals surface area contributed by atoms with Gasteiger partial charge in [0.1, 0.15) is 16.9 Å². The minimum Gasteiger partial charge on any atom is -0.495 e. The second-order valence-corrected chi connectivity index (χ2v) is 9.41. The largest absolute Gasteiger partial charge is 0.495 e. The summed E-state index contributed by atoms with van der Waals surface area (Å²) in [6.07, 6.45) is 0. The number of thiophene rings is 1. The minimum absolute atomic E-state index is 0.0493. The highest BCUT2D eigenvalue weighted by Crippen LogP contribution is 2.38. The molecule has 10 nitrogen and oxygen atoms in total. The van der Waals surface area contributed by atoms with E-state index in [-0.39, 0.29) is 28.7 Å². The first kappa shape index (κ1) is 26.6. The van der Waals surface area contributed by atoms with Crippen LogP contribution < -0.4 is 24.8 Å². The Morgan fingerprint density at radius 2 is 1.60 bits per heavy atom. The van der Waals surface area contributed by atoms with Crippen LogP contribution in [0.3, 0.4) is 0 Å². The fourth-order valence-electron chi connectivity index (χ4n) is 4.19. The van der Waals surface area contributed by atoms with E-state index in [2.05, 4.69) is 10.6 Å². The molecule has 0 spiro atoms. The fourth-order valence-corrected chi connectivity index (χ4v) is 4.80. The second kappa shape index (κ2) is 11.4. The van der Waals surface area contributed by atoms with Crippen molar-refractivity contribution in [1.82, 2.24) is 0 Å². The van der Waals surface area contributed by atoms with Gasteiger partial charge in [-0.25, -0.2) is 4.79 Å². The molecule has 2 aromatic heterocycles. The van der Waals surface area contributed by atoms with Gasteiger partial charge in [0, 0.05) is 16.8 Å². The summed E-state index contributed by atoms with van der Waals surface area (Å²) in [5, 5.41) is 8.96. The predicted molar refractivity (Wildman–Crippen MR) is 151 cm³/mol. The van der Waals surface area contributed by atoms with E-state index in [9.17, 15) is 14.4 Å². The SMILES string of the molecule is COc1cc2c(cc1NC(=O)COC(=O)c1cc(NC(=O)c3cccs3)c(OC)c(OC)c1)oc1ccccc12. The van der Waals surface area contributed by atoms with E-state index >= 15 is 0 Å². The number of amides is 2. The zero-order valence-electron chi connectivity index (χ0n) is 21.7. The molecule has 0 atom stereocenters. The lowest BCUT2D eigenvalue weighted by atomic mass is 10.1. The normalized spacial score (nSPS) is 10.8. The van der Waals surface area contributed by atoms with E-state index < -0.39 is 18.5 Å². The summed E-state index contributed by atoms with van der Waals surface area (Å²) in [6, 6.07) is 17.2. The molecular formula is C29H24N2O8S. The third-order valence-corrected chi connectivity index (χ3v) is 6.88. The summed E-state index contributed by atoms with van der Waals surface area (Å²) in [7, 11) is 4.31. The maximum absolute atomic E-state index is 12.9. The van der Waals surface area contributed by atoms with E-state index in [4.69, 9.17) is 23.4 Å². The molecule has 0 saturated heterocycles. The molecule has 0 saturated carbocycles. The van der Waals surface area contributed by atoms with Gasteiger partial charge in [0.2, 0.25) is 0 Å². The number of para-hydroxylation sites is 1.